The van der Waals surface area contributed by atoms with Crippen LogP contribution in [0.25, 0.3) is 10.2 Å². The summed E-state index contributed by atoms with van der Waals surface area (Å²) in [6.07, 6.45) is 5.67. The Morgan fingerprint density at radius 3 is 2.89 bits per heavy atom. The van der Waals surface area contributed by atoms with Gasteiger partial charge in [-0.25, -0.2) is 9.97 Å². The highest BCUT2D eigenvalue weighted by Crippen LogP contribution is 2.34. The van der Waals surface area contributed by atoms with Gasteiger partial charge in [0.25, 0.3) is 5.91 Å². The number of nitrogens with zero attached hydrogens (tertiary/aromatic N) is 3. The number of carbonyl (C=O) groups excluding carboxylic acids is 1. The SMILES string of the molecule is Cc1c(C(=O)N2CCC(CO)CC2)sc2ncnc(NC[C@H]3CCCO3)c12. The third kappa shape index (κ3) is 3.79. The number of hydrogen-bond donors (Lipinski definition) is 2. The minimum atomic E-state index is 0.0666. The summed E-state index contributed by atoms with van der Waals surface area (Å²) in [5.74, 6) is 1.16. The van der Waals surface area contributed by atoms with E-state index in [-0.39, 0.29) is 18.6 Å². The Balaban J connectivity index is 1.54. The van der Waals surface area contributed by atoms with Crippen LogP contribution in [0.15, 0.2) is 6.33 Å². The van der Waals surface area contributed by atoms with Crippen LogP contribution in [-0.2, 0) is 4.74 Å². The smallest absolute Gasteiger partial charge is 0.264 e. The minimum Gasteiger partial charge on any atom is -0.396 e. The van der Waals surface area contributed by atoms with Crippen molar-refractivity contribution in [1.82, 2.24) is 14.9 Å². The molecule has 0 unspecified atom stereocenters. The van der Waals surface area contributed by atoms with E-state index in [0.29, 0.717) is 19.0 Å². The zero-order valence-electron chi connectivity index (χ0n) is 15.6. The molecule has 2 saturated heterocycles. The molecule has 146 valence electrons. The fraction of sp³-hybridized carbons (Fsp3) is 0.632. The Morgan fingerprint density at radius 2 is 2.19 bits per heavy atom. The topological polar surface area (TPSA) is 87.6 Å². The van der Waals surface area contributed by atoms with Gasteiger partial charge in [-0.05, 0) is 44.1 Å². The zero-order valence-corrected chi connectivity index (χ0v) is 16.4. The lowest BCUT2D eigenvalue weighted by Gasteiger charge is -2.31. The van der Waals surface area contributed by atoms with E-state index in [2.05, 4.69) is 15.3 Å². The molecule has 2 aliphatic rings. The van der Waals surface area contributed by atoms with Crippen molar-refractivity contribution >= 4 is 33.3 Å². The van der Waals surface area contributed by atoms with Crippen LogP contribution >= 0.6 is 11.3 Å². The van der Waals surface area contributed by atoms with Crippen LogP contribution in [0, 0.1) is 12.8 Å². The van der Waals surface area contributed by atoms with Crippen molar-refractivity contribution in [3.8, 4) is 0 Å². The van der Waals surface area contributed by atoms with E-state index in [1.165, 1.54) is 11.3 Å². The highest BCUT2D eigenvalue weighted by Gasteiger charge is 2.27. The van der Waals surface area contributed by atoms with Gasteiger partial charge < -0.3 is 20.1 Å². The number of carbonyl (C=O) groups is 1. The van der Waals surface area contributed by atoms with E-state index in [1.807, 2.05) is 11.8 Å². The van der Waals surface area contributed by atoms with Gasteiger partial charge in [0.15, 0.2) is 0 Å². The Kier molecular flexibility index (Phi) is 5.56. The summed E-state index contributed by atoms with van der Waals surface area (Å²) in [7, 11) is 0. The lowest BCUT2D eigenvalue weighted by atomic mass is 9.97. The molecule has 2 N–H and O–H groups in total. The number of thiophene rings is 1. The second kappa shape index (κ2) is 8.08. The Bertz CT molecular complexity index is 811. The van der Waals surface area contributed by atoms with Crippen molar-refractivity contribution in [2.75, 3.05) is 38.2 Å². The third-order valence-electron chi connectivity index (χ3n) is 5.60. The first kappa shape index (κ1) is 18.6. The highest BCUT2D eigenvalue weighted by molar-refractivity contribution is 7.20. The summed E-state index contributed by atoms with van der Waals surface area (Å²) >= 11 is 1.44. The van der Waals surface area contributed by atoms with Crippen LogP contribution in [-0.4, -0.2) is 64.8 Å². The predicted molar refractivity (Wildman–Crippen MR) is 105 cm³/mol. The molecule has 7 nitrogen and oxygen atoms in total. The van der Waals surface area contributed by atoms with Gasteiger partial charge in [0.1, 0.15) is 17.0 Å². The van der Waals surface area contributed by atoms with Crippen molar-refractivity contribution in [3.05, 3.63) is 16.8 Å². The molecule has 4 heterocycles. The molecule has 0 aliphatic carbocycles. The number of aromatic nitrogens is 2. The number of rotatable bonds is 5. The molecule has 1 amide bonds. The van der Waals surface area contributed by atoms with Crippen molar-refractivity contribution in [2.24, 2.45) is 5.92 Å². The molecule has 27 heavy (non-hydrogen) atoms. The maximum absolute atomic E-state index is 13.0. The van der Waals surface area contributed by atoms with E-state index in [0.717, 1.165) is 65.3 Å². The van der Waals surface area contributed by atoms with Crippen molar-refractivity contribution in [2.45, 2.75) is 38.7 Å². The lowest BCUT2D eigenvalue weighted by Crippen LogP contribution is -2.39. The van der Waals surface area contributed by atoms with Crippen LogP contribution in [0.5, 0.6) is 0 Å². The van der Waals surface area contributed by atoms with E-state index in [1.54, 1.807) is 6.33 Å². The summed E-state index contributed by atoms with van der Waals surface area (Å²) in [6, 6.07) is 0. The molecular formula is C19H26N4O3S. The molecule has 0 saturated carbocycles. The molecule has 0 aromatic carbocycles. The molecule has 0 spiro atoms. The van der Waals surface area contributed by atoms with Crippen LogP contribution < -0.4 is 5.32 Å². The monoisotopic (exact) mass is 390 g/mol. The van der Waals surface area contributed by atoms with Gasteiger partial charge >= 0.3 is 0 Å². The Labute approximate surface area is 162 Å². The predicted octanol–water partition coefficient (Wildman–Crippen LogP) is 2.44. The number of piperidine rings is 1. The van der Waals surface area contributed by atoms with Gasteiger partial charge in [-0.15, -0.1) is 11.3 Å². The van der Waals surface area contributed by atoms with Crippen LogP contribution in [0.3, 0.4) is 0 Å². The molecule has 2 aliphatic heterocycles. The maximum Gasteiger partial charge on any atom is 0.264 e. The average molecular weight is 391 g/mol. The van der Waals surface area contributed by atoms with Gasteiger partial charge in [0.05, 0.1) is 16.4 Å². The fourth-order valence-electron chi connectivity index (χ4n) is 3.89. The highest BCUT2D eigenvalue weighted by atomic mass is 32.1. The standard InChI is InChI=1S/C19H26N4O3S/c1-12-15-17(20-9-14-3-2-8-26-14)21-11-22-18(15)27-16(12)19(25)23-6-4-13(10-24)5-7-23/h11,13-14,24H,2-10H2,1H3,(H,20,21,22)/t14-/m1/s1. The fourth-order valence-corrected chi connectivity index (χ4v) is 5.00. The minimum absolute atomic E-state index is 0.0666. The summed E-state index contributed by atoms with van der Waals surface area (Å²) in [4.78, 5) is 25.3. The summed E-state index contributed by atoms with van der Waals surface area (Å²) in [5, 5.41) is 13.6. The molecular weight excluding hydrogens is 364 g/mol. The summed E-state index contributed by atoms with van der Waals surface area (Å²) < 4.78 is 5.68. The second-order valence-corrected chi connectivity index (χ2v) is 8.39. The first-order valence-corrected chi connectivity index (χ1v) is 10.5. The largest absolute Gasteiger partial charge is 0.396 e. The number of aryl methyl sites for hydroxylation is 1. The van der Waals surface area contributed by atoms with Gasteiger partial charge in [-0.2, -0.15) is 0 Å². The molecule has 2 aromatic rings. The van der Waals surface area contributed by atoms with Gasteiger partial charge in [-0.1, -0.05) is 0 Å². The van der Waals surface area contributed by atoms with Crippen molar-refractivity contribution in [3.63, 3.8) is 0 Å². The Hall–Kier alpha value is -1.77. The first-order chi connectivity index (χ1) is 13.2. The van der Waals surface area contributed by atoms with E-state index in [9.17, 15) is 9.90 Å². The quantitative estimate of drug-likeness (QED) is 0.815. The number of amides is 1. The number of nitrogens with one attached hydrogen (secondary N) is 1. The van der Waals surface area contributed by atoms with Crippen molar-refractivity contribution in [1.29, 1.82) is 0 Å². The number of hydrogen-bond acceptors (Lipinski definition) is 7. The molecule has 0 bridgehead atoms. The molecule has 2 aromatic heterocycles. The van der Waals surface area contributed by atoms with Crippen LogP contribution in [0.2, 0.25) is 0 Å². The van der Waals surface area contributed by atoms with Crippen molar-refractivity contribution < 1.29 is 14.6 Å². The molecule has 0 radical (unpaired) electrons. The van der Waals surface area contributed by atoms with Gasteiger partial charge in [0, 0.05) is 32.8 Å². The maximum atomic E-state index is 13.0. The molecule has 4 rings (SSSR count). The van der Waals surface area contributed by atoms with Gasteiger partial charge in [0.2, 0.25) is 0 Å². The molecule has 8 heteroatoms. The number of aliphatic hydroxyl groups is 1. The number of aliphatic hydroxyl groups excluding tert-OH is 1. The third-order valence-corrected chi connectivity index (χ3v) is 6.79. The first-order valence-electron chi connectivity index (χ1n) is 9.67. The van der Waals surface area contributed by atoms with E-state index in [4.69, 9.17) is 4.74 Å². The van der Waals surface area contributed by atoms with Crippen LogP contribution in [0.4, 0.5) is 5.82 Å². The second-order valence-electron chi connectivity index (χ2n) is 7.39. The number of ether oxygens (including phenoxy) is 1. The van der Waals surface area contributed by atoms with Crippen LogP contribution in [0.1, 0.15) is 40.9 Å². The molecule has 1 atom stereocenters. The molecule has 2 fully saturated rings. The average Bonchev–Trinajstić information content (AvgIpc) is 3.34. The number of likely N-dealkylation sites (tertiary alicyclic amines) is 1. The summed E-state index contributed by atoms with van der Waals surface area (Å²) in [5.41, 5.74) is 0.944. The lowest BCUT2D eigenvalue weighted by molar-refractivity contribution is 0.0655. The van der Waals surface area contributed by atoms with E-state index < -0.39 is 0 Å². The summed E-state index contributed by atoms with van der Waals surface area (Å²) in [6.45, 7) is 5.14. The number of anilines is 1. The zero-order chi connectivity index (χ0) is 18.8. The number of fused-ring (bicyclic) bond motifs is 1. The normalized spacial score (nSPS) is 21.1. The van der Waals surface area contributed by atoms with Gasteiger partial charge in [-0.3, -0.25) is 4.79 Å². The van der Waals surface area contributed by atoms with E-state index >= 15 is 0 Å². The Morgan fingerprint density at radius 1 is 1.37 bits per heavy atom.